The van der Waals surface area contributed by atoms with E-state index in [2.05, 4.69) is 0 Å². The van der Waals surface area contributed by atoms with Gasteiger partial charge >= 0.3 is 5.97 Å². The van der Waals surface area contributed by atoms with Gasteiger partial charge in [0, 0.05) is 18.0 Å². The molecule has 1 aliphatic rings. The second-order valence-corrected chi connectivity index (χ2v) is 6.45. The molecule has 2 rings (SSSR count). The molecule has 18 heavy (non-hydrogen) atoms. The quantitative estimate of drug-likeness (QED) is 0.894. The smallest absolute Gasteiger partial charge is 0.311 e. The van der Waals surface area contributed by atoms with E-state index >= 15 is 0 Å². The second kappa shape index (κ2) is 4.39. The first-order valence-electron chi connectivity index (χ1n) is 5.93. The minimum atomic E-state index is -0.823. The van der Waals surface area contributed by atoms with Crippen LogP contribution in [0.15, 0.2) is 6.07 Å². The summed E-state index contributed by atoms with van der Waals surface area (Å²) in [6.45, 7) is 6.50. The number of hydrogen-bond acceptors (Lipinski definition) is 3. The molecule has 1 aromatic heterocycles. The van der Waals surface area contributed by atoms with Gasteiger partial charge in [-0.25, -0.2) is 0 Å². The van der Waals surface area contributed by atoms with Crippen LogP contribution >= 0.6 is 11.3 Å². The highest BCUT2D eigenvalue weighted by molar-refractivity contribution is 7.14. The first-order valence-corrected chi connectivity index (χ1v) is 6.75. The summed E-state index contributed by atoms with van der Waals surface area (Å²) in [5.74, 6) is -0.863. The van der Waals surface area contributed by atoms with Gasteiger partial charge in [-0.1, -0.05) is 0 Å². The van der Waals surface area contributed by atoms with Crippen LogP contribution < -0.4 is 0 Å². The van der Waals surface area contributed by atoms with Gasteiger partial charge in [0.1, 0.15) is 0 Å². The lowest BCUT2D eigenvalue weighted by Crippen LogP contribution is -2.34. The summed E-state index contributed by atoms with van der Waals surface area (Å²) >= 11 is 1.48. The monoisotopic (exact) mass is 267 g/mol. The van der Waals surface area contributed by atoms with Crippen molar-refractivity contribution in [2.24, 2.45) is 5.41 Å². The van der Waals surface area contributed by atoms with Gasteiger partial charge in [-0.3, -0.25) is 9.59 Å². The van der Waals surface area contributed by atoms with Crippen LogP contribution in [0.2, 0.25) is 0 Å². The normalized spacial score (nSPS) is 23.4. The summed E-state index contributed by atoms with van der Waals surface area (Å²) in [6.07, 6.45) is 0.525. The molecule has 4 nitrogen and oxygen atoms in total. The Morgan fingerprint density at radius 1 is 1.44 bits per heavy atom. The zero-order valence-corrected chi connectivity index (χ0v) is 11.6. The van der Waals surface area contributed by atoms with Crippen molar-refractivity contribution in [2.75, 3.05) is 13.1 Å². The van der Waals surface area contributed by atoms with Crippen LogP contribution in [-0.2, 0) is 4.79 Å². The van der Waals surface area contributed by atoms with Crippen LogP contribution in [0.1, 0.15) is 33.5 Å². The number of aliphatic carboxylic acids is 1. The van der Waals surface area contributed by atoms with Crippen molar-refractivity contribution in [1.29, 1.82) is 0 Å². The number of carbonyl (C=O) groups is 2. The Hall–Kier alpha value is -1.36. The molecule has 5 heteroatoms. The summed E-state index contributed by atoms with van der Waals surface area (Å²) in [7, 11) is 0. The molecule has 1 aliphatic heterocycles. The maximum Gasteiger partial charge on any atom is 0.311 e. The number of hydrogen-bond donors (Lipinski definition) is 1. The van der Waals surface area contributed by atoms with Gasteiger partial charge < -0.3 is 10.0 Å². The first-order chi connectivity index (χ1) is 8.33. The van der Waals surface area contributed by atoms with E-state index in [4.69, 9.17) is 5.11 Å². The molecule has 1 saturated heterocycles. The molecule has 0 aliphatic carbocycles. The first kappa shape index (κ1) is 13.1. The minimum Gasteiger partial charge on any atom is -0.481 e. The van der Waals surface area contributed by atoms with Crippen LogP contribution in [0.25, 0.3) is 0 Å². The Morgan fingerprint density at radius 2 is 2.11 bits per heavy atom. The molecule has 0 aromatic carbocycles. The molecule has 0 bridgehead atoms. The summed E-state index contributed by atoms with van der Waals surface area (Å²) in [4.78, 5) is 26.9. The second-order valence-electron chi connectivity index (χ2n) is 5.19. The Kier molecular flexibility index (Phi) is 3.19. The number of thiophene rings is 1. The zero-order chi connectivity index (χ0) is 13.5. The Bertz CT molecular complexity index is 489. The third kappa shape index (κ3) is 2.14. The summed E-state index contributed by atoms with van der Waals surface area (Å²) in [5.41, 5.74) is 0.320. The zero-order valence-electron chi connectivity index (χ0n) is 10.8. The SMILES string of the molecule is Cc1cc(C(=O)N2CCC(C)(C(=O)O)C2)sc1C. The van der Waals surface area contributed by atoms with Crippen LogP contribution in [0.3, 0.4) is 0 Å². The van der Waals surface area contributed by atoms with Crippen LogP contribution in [0, 0.1) is 19.3 Å². The van der Waals surface area contributed by atoms with Gasteiger partial charge in [-0.05, 0) is 38.8 Å². The molecule has 0 saturated carbocycles. The fourth-order valence-electron chi connectivity index (χ4n) is 2.14. The molecule has 1 N–H and O–H groups in total. The molecular formula is C13H17NO3S. The van der Waals surface area contributed by atoms with E-state index in [0.29, 0.717) is 24.4 Å². The van der Waals surface area contributed by atoms with Crippen LogP contribution in [-0.4, -0.2) is 35.0 Å². The number of aryl methyl sites for hydroxylation is 2. The lowest BCUT2D eigenvalue weighted by molar-refractivity contribution is -0.147. The van der Waals surface area contributed by atoms with Crippen LogP contribution in [0.4, 0.5) is 0 Å². The van der Waals surface area contributed by atoms with Gasteiger partial charge in [0.2, 0.25) is 0 Å². The van der Waals surface area contributed by atoms with Crippen molar-refractivity contribution >= 4 is 23.2 Å². The molecule has 1 atom stereocenters. The maximum absolute atomic E-state index is 12.3. The average Bonchev–Trinajstić information content (AvgIpc) is 2.84. The minimum absolute atomic E-state index is 0.0406. The molecule has 1 aromatic rings. The lowest BCUT2D eigenvalue weighted by atomic mass is 9.90. The van der Waals surface area contributed by atoms with Gasteiger partial charge in [0.15, 0.2) is 0 Å². The predicted molar refractivity (Wildman–Crippen MR) is 70.1 cm³/mol. The van der Waals surface area contributed by atoms with E-state index in [9.17, 15) is 9.59 Å². The van der Waals surface area contributed by atoms with Gasteiger partial charge in [-0.2, -0.15) is 0 Å². The van der Waals surface area contributed by atoms with Crippen molar-refractivity contribution in [1.82, 2.24) is 4.90 Å². The number of rotatable bonds is 2. The highest BCUT2D eigenvalue weighted by Crippen LogP contribution is 2.32. The molecule has 2 heterocycles. The Labute approximate surface area is 110 Å². The third-order valence-corrected chi connectivity index (χ3v) is 4.79. The largest absolute Gasteiger partial charge is 0.481 e. The highest BCUT2D eigenvalue weighted by atomic mass is 32.1. The topological polar surface area (TPSA) is 57.6 Å². The molecule has 0 spiro atoms. The van der Waals surface area contributed by atoms with Crippen LogP contribution in [0.5, 0.6) is 0 Å². The van der Waals surface area contributed by atoms with Crippen molar-refractivity contribution in [2.45, 2.75) is 27.2 Å². The predicted octanol–water partition coefficient (Wildman–Crippen LogP) is 2.30. The van der Waals surface area contributed by atoms with E-state index in [1.807, 2.05) is 19.9 Å². The Morgan fingerprint density at radius 3 is 2.56 bits per heavy atom. The van der Waals surface area contributed by atoms with Gasteiger partial charge in [-0.15, -0.1) is 11.3 Å². The molecule has 0 radical (unpaired) electrons. The summed E-state index contributed by atoms with van der Waals surface area (Å²) in [6, 6.07) is 1.89. The number of carboxylic acid groups (broad SMARTS) is 1. The molecular weight excluding hydrogens is 250 g/mol. The van der Waals surface area contributed by atoms with Crippen molar-refractivity contribution in [3.05, 3.63) is 21.4 Å². The molecule has 1 fully saturated rings. The molecule has 98 valence electrons. The average molecular weight is 267 g/mol. The van der Waals surface area contributed by atoms with Crippen molar-refractivity contribution < 1.29 is 14.7 Å². The number of likely N-dealkylation sites (tertiary alicyclic amines) is 1. The highest BCUT2D eigenvalue weighted by Gasteiger charge is 2.42. The van der Waals surface area contributed by atoms with Gasteiger partial charge in [0.25, 0.3) is 5.91 Å². The molecule has 1 unspecified atom stereocenters. The van der Waals surface area contributed by atoms with Crippen molar-refractivity contribution in [3.8, 4) is 0 Å². The van der Waals surface area contributed by atoms with E-state index in [1.165, 1.54) is 11.3 Å². The standard InChI is InChI=1S/C13H17NO3S/c1-8-6-10(18-9(8)2)11(15)14-5-4-13(3,7-14)12(16)17/h6H,4-5,7H2,1-3H3,(H,16,17). The van der Waals surface area contributed by atoms with Crippen molar-refractivity contribution in [3.63, 3.8) is 0 Å². The number of nitrogens with zero attached hydrogens (tertiary/aromatic N) is 1. The summed E-state index contributed by atoms with van der Waals surface area (Å²) in [5, 5.41) is 9.16. The van der Waals surface area contributed by atoms with E-state index in [-0.39, 0.29) is 5.91 Å². The van der Waals surface area contributed by atoms with E-state index in [0.717, 1.165) is 10.4 Å². The Balaban J connectivity index is 2.15. The van der Waals surface area contributed by atoms with E-state index in [1.54, 1.807) is 11.8 Å². The fourth-order valence-corrected chi connectivity index (χ4v) is 3.15. The molecule has 1 amide bonds. The fraction of sp³-hybridized carbons (Fsp3) is 0.538. The number of carboxylic acids is 1. The maximum atomic E-state index is 12.3. The number of carbonyl (C=O) groups excluding carboxylic acids is 1. The summed E-state index contributed by atoms with van der Waals surface area (Å²) < 4.78 is 0. The lowest BCUT2D eigenvalue weighted by Gasteiger charge is -2.19. The number of amides is 1. The van der Waals surface area contributed by atoms with E-state index < -0.39 is 11.4 Å². The van der Waals surface area contributed by atoms with Gasteiger partial charge in [0.05, 0.1) is 10.3 Å². The third-order valence-electron chi connectivity index (χ3n) is 3.65.